The third-order valence-corrected chi connectivity index (χ3v) is 4.45. The van der Waals surface area contributed by atoms with E-state index in [-0.39, 0.29) is 63.6 Å². The van der Waals surface area contributed by atoms with E-state index in [1.54, 1.807) is 6.92 Å². The summed E-state index contributed by atoms with van der Waals surface area (Å²) in [6, 6.07) is 7.23. The predicted octanol–water partition coefficient (Wildman–Crippen LogP) is -0.662. The van der Waals surface area contributed by atoms with Crippen molar-refractivity contribution in [1.29, 1.82) is 0 Å². The van der Waals surface area contributed by atoms with Gasteiger partial charge < -0.3 is 14.6 Å². The molecule has 0 aliphatic heterocycles. The van der Waals surface area contributed by atoms with Crippen LogP contribution in [0, 0.1) is 18.6 Å². The van der Waals surface area contributed by atoms with Crippen molar-refractivity contribution >= 4 is 17.6 Å². The van der Waals surface area contributed by atoms with Gasteiger partial charge in [-0.25, -0.2) is 23.3 Å². The van der Waals surface area contributed by atoms with Crippen molar-refractivity contribution in [3.63, 3.8) is 0 Å². The van der Waals surface area contributed by atoms with Crippen LogP contribution < -0.4 is 39.4 Å². The summed E-state index contributed by atoms with van der Waals surface area (Å²) in [6.07, 6.45) is 1.34. The number of pyridine rings is 1. The van der Waals surface area contributed by atoms with E-state index in [0.717, 1.165) is 16.6 Å². The second-order valence-corrected chi connectivity index (χ2v) is 6.61. The number of aryl methyl sites for hydroxylation is 1. The second kappa shape index (κ2) is 9.11. The Kier molecular flexibility index (Phi) is 6.68. The van der Waals surface area contributed by atoms with Crippen LogP contribution in [0.25, 0.3) is 28.0 Å². The Morgan fingerprint density at radius 2 is 1.88 bits per heavy atom. The Labute approximate surface area is 202 Å². The molecular weight excluding hydrogens is 433 g/mol. The van der Waals surface area contributed by atoms with Gasteiger partial charge in [-0.1, -0.05) is 0 Å². The van der Waals surface area contributed by atoms with Gasteiger partial charge in [-0.15, -0.1) is 0 Å². The maximum atomic E-state index is 14.5. The number of esters is 1. The maximum Gasteiger partial charge on any atom is 1.00 e. The molecule has 0 amide bonds. The average molecular weight is 446 g/mol. The normalized spacial score (nSPS) is 10.6. The van der Waals surface area contributed by atoms with Crippen LogP contribution in [0.5, 0.6) is 5.88 Å². The molecule has 0 radical (unpaired) electrons. The van der Waals surface area contributed by atoms with Crippen LogP contribution in [-0.4, -0.2) is 31.5 Å². The molecule has 156 valence electrons. The minimum atomic E-state index is -1.52. The Morgan fingerprint density at radius 3 is 2.47 bits per heavy atom. The van der Waals surface area contributed by atoms with Crippen molar-refractivity contribution in [3.05, 3.63) is 65.6 Å². The molecule has 4 rings (SSSR count). The van der Waals surface area contributed by atoms with Gasteiger partial charge in [-0.3, -0.25) is 4.79 Å². The maximum absolute atomic E-state index is 14.5. The number of rotatable bonds is 4. The largest absolute Gasteiger partial charge is 1.00 e. The number of carboxylic acids is 1. The van der Waals surface area contributed by atoms with E-state index < -0.39 is 23.6 Å². The van der Waals surface area contributed by atoms with E-state index in [0.29, 0.717) is 11.3 Å². The van der Waals surface area contributed by atoms with Crippen LogP contribution in [0.4, 0.5) is 8.78 Å². The molecular formula is C21H13F2N4NaO4. The number of fused-ring (bicyclic) bond motifs is 1. The van der Waals surface area contributed by atoms with Crippen LogP contribution in [0.2, 0.25) is 0 Å². The van der Waals surface area contributed by atoms with E-state index in [9.17, 15) is 23.5 Å². The molecule has 0 bridgehead atoms. The van der Waals surface area contributed by atoms with Gasteiger partial charge in [-0.2, -0.15) is 5.10 Å². The second-order valence-electron chi connectivity index (χ2n) is 6.61. The number of carbonyl (C=O) groups excluding carboxylic acids is 2. The molecule has 32 heavy (non-hydrogen) atoms. The number of aromatic nitrogens is 4. The zero-order chi connectivity index (χ0) is 22.3. The number of benzene rings is 1. The van der Waals surface area contributed by atoms with Gasteiger partial charge in [0.1, 0.15) is 11.6 Å². The molecule has 8 nitrogen and oxygen atoms in total. The third-order valence-electron chi connectivity index (χ3n) is 4.45. The number of carbonyl (C=O) groups is 2. The standard InChI is InChI=1S/C21H14F2N4O4.Na/c1-10-19(14-5-4-13(22)7-15(14)23)20-25-16(8-17(21(29)30)27(20)26-10)12-3-6-18(24-9-12)31-11(2)28;/h3-9H,1-2H3,(H,29,30);/q;+1/p-1. The first-order chi connectivity index (χ1) is 14.7. The molecule has 0 fully saturated rings. The zero-order valence-corrected chi connectivity index (χ0v) is 19.2. The van der Waals surface area contributed by atoms with Crippen LogP contribution >= 0.6 is 0 Å². The van der Waals surface area contributed by atoms with Gasteiger partial charge in [0.05, 0.1) is 28.6 Å². The van der Waals surface area contributed by atoms with Crippen molar-refractivity contribution in [2.75, 3.05) is 0 Å². The van der Waals surface area contributed by atoms with Crippen LogP contribution in [0.1, 0.15) is 23.1 Å². The van der Waals surface area contributed by atoms with E-state index in [1.807, 2.05) is 0 Å². The summed E-state index contributed by atoms with van der Waals surface area (Å²) in [5.41, 5.74) is 0.853. The fraction of sp³-hybridized carbons (Fsp3) is 0.0952. The summed E-state index contributed by atoms with van der Waals surface area (Å²) in [5.74, 6) is -3.59. The average Bonchev–Trinajstić information content (AvgIpc) is 3.03. The summed E-state index contributed by atoms with van der Waals surface area (Å²) in [7, 11) is 0. The predicted molar refractivity (Wildman–Crippen MR) is 102 cm³/mol. The number of hydrogen-bond acceptors (Lipinski definition) is 7. The van der Waals surface area contributed by atoms with E-state index in [4.69, 9.17) is 4.74 Å². The van der Waals surface area contributed by atoms with Gasteiger partial charge in [0.25, 0.3) is 0 Å². The molecule has 3 aromatic heterocycles. The zero-order valence-electron chi connectivity index (χ0n) is 17.2. The molecule has 0 saturated heterocycles. The first-order valence-electron chi connectivity index (χ1n) is 8.96. The fourth-order valence-corrected chi connectivity index (χ4v) is 3.16. The van der Waals surface area contributed by atoms with Gasteiger partial charge in [0.15, 0.2) is 5.65 Å². The number of aromatic carboxylic acids is 1. The first kappa shape index (κ1) is 23.5. The Bertz CT molecular complexity index is 1360. The number of halogens is 2. The Balaban J connectivity index is 0.00000289. The molecule has 0 N–H and O–H groups in total. The molecule has 0 aliphatic carbocycles. The van der Waals surface area contributed by atoms with Crippen molar-refractivity contribution in [2.45, 2.75) is 13.8 Å². The molecule has 0 spiro atoms. The van der Waals surface area contributed by atoms with Crippen molar-refractivity contribution in [1.82, 2.24) is 19.6 Å². The molecule has 3 heterocycles. The molecule has 4 aromatic rings. The van der Waals surface area contributed by atoms with Crippen molar-refractivity contribution < 1.29 is 57.8 Å². The fourth-order valence-electron chi connectivity index (χ4n) is 3.16. The van der Waals surface area contributed by atoms with E-state index in [1.165, 1.54) is 37.4 Å². The van der Waals surface area contributed by atoms with Crippen LogP contribution in [-0.2, 0) is 4.79 Å². The summed E-state index contributed by atoms with van der Waals surface area (Å²) in [6.45, 7) is 2.79. The first-order valence-corrected chi connectivity index (χ1v) is 8.96. The molecule has 0 saturated carbocycles. The third kappa shape index (κ3) is 4.38. The molecule has 1 aromatic carbocycles. The quantitative estimate of drug-likeness (QED) is 0.302. The monoisotopic (exact) mass is 446 g/mol. The van der Waals surface area contributed by atoms with Crippen LogP contribution in [0.15, 0.2) is 42.6 Å². The summed E-state index contributed by atoms with van der Waals surface area (Å²) in [5, 5.41) is 15.9. The van der Waals surface area contributed by atoms with Gasteiger partial charge in [-0.05, 0) is 31.2 Å². The van der Waals surface area contributed by atoms with Gasteiger partial charge in [0, 0.05) is 36.4 Å². The number of ether oxygens (including phenoxy) is 1. The topological polar surface area (TPSA) is 110 Å². The summed E-state index contributed by atoms with van der Waals surface area (Å²) < 4.78 is 33.8. The molecule has 11 heteroatoms. The van der Waals surface area contributed by atoms with Gasteiger partial charge >= 0.3 is 35.5 Å². The van der Waals surface area contributed by atoms with E-state index >= 15 is 0 Å². The number of hydrogen-bond donors (Lipinski definition) is 0. The number of carboxylic acid groups (broad SMARTS) is 1. The number of nitrogens with zero attached hydrogens (tertiary/aromatic N) is 4. The SMILES string of the molecule is CC(=O)Oc1ccc(-c2cc(C(=O)[O-])n3nc(C)c(-c4ccc(F)cc4F)c3n2)cn1.[Na+]. The molecule has 0 atom stereocenters. The minimum absolute atomic E-state index is 0. The molecule has 0 unspecified atom stereocenters. The Morgan fingerprint density at radius 1 is 1.12 bits per heavy atom. The minimum Gasteiger partial charge on any atom is -0.543 e. The van der Waals surface area contributed by atoms with Gasteiger partial charge in [0.2, 0.25) is 5.88 Å². The van der Waals surface area contributed by atoms with Crippen molar-refractivity contribution in [3.8, 4) is 28.3 Å². The summed E-state index contributed by atoms with van der Waals surface area (Å²) >= 11 is 0. The smallest absolute Gasteiger partial charge is 0.543 e. The van der Waals surface area contributed by atoms with Crippen molar-refractivity contribution in [2.24, 2.45) is 0 Å². The summed E-state index contributed by atoms with van der Waals surface area (Å²) in [4.78, 5) is 31.2. The van der Waals surface area contributed by atoms with Crippen LogP contribution in [0.3, 0.4) is 0 Å². The molecule has 0 aliphatic rings. The van der Waals surface area contributed by atoms with E-state index in [2.05, 4.69) is 15.1 Å². The Hall–Kier alpha value is -3.21.